The first kappa shape index (κ1) is 15.8. The van der Waals surface area contributed by atoms with E-state index >= 15 is 0 Å². The molecule has 116 valence electrons. The summed E-state index contributed by atoms with van der Waals surface area (Å²) in [5.41, 5.74) is 0. The van der Waals surface area contributed by atoms with E-state index in [1.54, 1.807) is 14.0 Å². The van der Waals surface area contributed by atoms with Crippen LogP contribution >= 0.6 is 0 Å². The fourth-order valence-electron chi connectivity index (χ4n) is 2.32. The van der Waals surface area contributed by atoms with Gasteiger partial charge in [-0.05, 0) is 37.6 Å². The first-order valence-corrected chi connectivity index (χ1v) is 8.50. The number of ether oxygens (including phenoxy) is 1. The predicted molar refractivity (Wildman–Crippen MR) is 76.3 cm³/mol. The zero-order valence-corrected chi connectivity index (χ0v) is 12.8. The maximum absolute atomic E-state index is 12.8. The Morgan fingerprint density at radius 2 is 2.00 bits per heavy atom. The minimum Gasteiger partial charge on any atom is -0.481 e. The molecule has 0 unspecified atom stereocenters. The Hall–Kier alpha value is -1.63. The third-order valence-corrected chi connectivity index (χ3v) is 5.33. The highest BCUT2D eigenvalue weighted by Gasteiger charge is 2.34. The largest absolute Gasteiger partial charge is 0.481 e. The van der Waals surface area contributed by atoms with E-state index in [4.69, 9.17) is 4.74 Å². The Kier molecular flexibility index (Phi) is 4.51. The molecule has 0 aliphatic carbocycles. The molecule has 7 heteroatoms. The SMILES string of the molecule is C[C@@H](Oc1ccc(F)cc1)C(=O)N(C)[C@@H]1CCS(=O)(=O)C1. The second-order valence-electron chi connectivity index (χ2n) is 5.22. The minimum absolute atomic E-state index is 0.00148. The average Bonchev–Trinajstić information content (AvgIpc) is 2.80. The summed E-state index contributed by atoms with van der Waals surface area (Å²) >= 11 is 0. The van der Waals surface area contributed by atoms with Gasteiger partial charge in [0.25, 0.3) is 5.91 Å². The van der Waals surface area contributed by atoms with E-state index < -0.39 is 15.9 Å². The van der Waals surface area contributed by atoms with Gasteiger partial charge in [-0.1, -0.05) is 0 Å². The van der Waals surface area contributed by atoms with Crippen LogP contribution in [-0.4, -0.2) is 49.9 Å². The van der Waals surface area contributed by atoms with Crippen LogP contribution in [0.3, 0.4) is 0 Å². The second kappa shape index (κ2) is 6.01. The molecule has 0 N–H and O–H groups in total. The van der Waals surface area contributed by atoms with E-state index in [1.807, 2.05) is 0 Å². The van der Waals surface area contributed by atoms with E-state index in [1.165, 1.54) is 29.2 Å². The van der Waals surface area contributed by atoms with Gasteiger partial charge in [-0.2, -0.15) is 0 Å². The number of likely N-dealkylation sites (N-methyl/N-ethyl adjacent to an activating group) is 1. The molecule has 1 aromatic rings. The van der Waals surface area contributed by atoms with Crippen LogP contribution in [0.15, 0.2) is 24.3 Å². The van der Waals surface area contributed by atoms with Crippen molar-refractivity contribution < 1.29 is 22.3 Å². The number of nitrogens with zero attached hydrogens (tertiary/aromatic N) is 1. The summed E-state index contributed by atoms with van der Waals surface area (Å²) in [5.74, 6) is -0.165. The van der Waals surface area contributed by atoms with Crippen molar-refractivity contribution >= 4 is 15.7 Å². The van der Waals surface area contributed by atoms with Gasteiger partial charge >= 0.3 is 0 Å². The highest BCUT2D eigenvalue weighted by atomic mass is 32.2. The molecule has 1 aliphatic heterocycles. The van der Waals surface area contributed by atoms with Gasteiger partial charge in [-0.3, -0.25) is 4.79 Å². The number of hydrogen-bond donors (Lipinski definition) is 0. The van der Waals surface area contributed by atoms with E-state index in [-0.39, 0.29) is 29.3 Å². The van der Waals surface area contributed by atoms with Crippen LogP contribution in [0, 0.1) is 5.82 Å². The Labute approximate surface area is 123 Å². The van der Waals surface area contributed by atoms with Crippen LogP contribution in [0.5, 0.6) is 5.75 Å². The number of rotatable bonds is 4. The molecule has 1 heterocycles. The Balaban J connectivity index is 1.97. The Morgan fingerprint density at radius 3 is 2.52 bits per heavy atom. The first-order valence-electron chi connectivity index (χ1n) is 6.68. The van der Waals surface area contributed by atoms with Crippen LogP contribution in [0.2, 0.25) is 0 Å². The number of amides is 1. The standard InChI is InChI=1S/C14H18FNO4S/c1-10(20-13-5-3-11(15)4-6-13)14(17)16(2)12-7-8-21(18,19)9-12/h3-6,10,12H,7-9H2,1-2H3/t10-,12-/m1/s1. The average molecular weight is 315 g/mol. The highest BCUT2D eigenvalue weighted by molar-refractivity contribution is 7.91. The van der Waals surface area contributed by atoms with Gasteiger partial charge in [0.2, 0.25) is 0 Å². The smallest absolute Gasteiger partial charge is 0.263 e. The fraction of sp³-hybridized carbons (Fsp3) is 0.500. The summed E-state index contributed by atoms with van der Waals surface area (Å²) in [4.78, 5) is 13.7. The minimum atomic E-state index is -3.04. The van der Waals surface area contributed by atoms with Gasteiger partial charge in [0.1, 0.15) is 11.6 Å². The summed E-state index contributed by atoms with van der Waals surface area (Å²) in [6, 6.07) is 5.08. The third-order valence-electron chi connectivity index (χ3n) is 3.58. The van der Waals surface area contributed by atoms with Gasteiger partial charge in [0.05, 0.1) is 11.5 Å². The van der Waals surface area contributed by atoms with Crippen LogP contribution in [0.1, 0.15) is 13.3 Å². The van der Waals surface area contributed by atoms with Crippen molar-refractivity contribution in [2.45, 2.75) is 25.5 Å². The molecule has 1 amide bonds. The summed E-state index contributed by atoms with van der Waals surface area (Å²) in [5, 5.41) is 0. The van der Waals surface area contributed by atoms with Crippen LogP contribution < -0.4 is 4.74 Å². The normalized spacial score (nSPS) is 21.8. The fourth-order valence-corrected chi connectivity index (χ4v) is 4.09. The van der Waals surface area contributed by atoms with Crippen molar-refractivity contribution in [1.29, 1.82) is 0 Å². The van der Waals surface area contributed by atoms with Gasteiger partial charge in [-0.25, -0.2) is 12.8 Å². The summed E-state index contributed by atoms with van der Waals surface area (Å²) in [7, 11) is -1.46. The van der Waals surface area contributed by atoms with Crippen LogP contribution in [-0.2, 0) is 14.6 Å². The highest BCUT2D eigenvalue weighted by Crippen LogP contribution is 2.19. The molecule has 0 aromatic heterocycles. The molecule has 0 spiro atoms. The van der Waals surface area contributed by atoms with Gasteiger partial charge in [0, 0.05) is 13.1 Å². The monoisotopic (exact) mass is 315 g/mol. The molecule has 2 rings (SSSR count). The van der Waals surface area contributed by atoms with E-state index in [9.17, 15) is 17.6 Å². The molecule has 1 aromatic carbocycles. The lowest BCUT2D eigenvalue weighted by Gasteiger charge is -2.26. The van der Waals surface area contributed by atoms with Crippen molar-refractivity contribution in [2.24, 2.45) is 0 Å². The lowest BCUT2D eigenvalue weighted by molar-refractivity contribution is -0.138. The molecule has 1 aliphatic rings. The molecule has 2 atom stereocenters. The number of sulfone groups is 1. The quantitative estimate of drug-likeness (QED) is 0.838. The predicted octanol–water partition coefficient (Wildman–Crippen LogP) is 1.24. The number of hydrogen-bond acceptors (Lipinski definition) is 4. The van der Waals surface area contributed by atoms with E-state index in [0.29, 0.717) is 12.2 Å². The van der Waals surface area contributed by atoms with Crippen LogP contribution in [0.4, 0.5) is 4.39 Å². The topological polar surface area (TPSA) is 63.7 Å². The van der Waals surface area contributed by atoms with Gasteiger partial charge in [0.15, 0.2) is 15.9 Å². The molecule has 0 bridgehead atoms. The summed E-state index contributed by atoms with van der Waals surface area (Å²) < 4.78 is 41.2. The number of carbonyl (C=O) groups excluding carboxylic acids is 1. The van der Waals surface area contributed by atoms with E-state index in [0.717, 1.165) is 0 Å². The number of benzene rings is 1. The zero-order valence-electron chi connectivity index (χ0n) is 12.0. The molecule has 0 radical (unpaired) electrons. The van der Waals surface area contributed by atoms with Crippen molar-refractivity contribution in [3.63, 3.8) is 0 Å². The second-order valence-corrected chi connectivity index (χ2v) is 7.45. The van der Waals surface area contributed by atoms with Gasteiger partial charge in [-0.15, -0.1) is 0 Å². The van der Waals surface area contributed by atoms with Crippen molar-refractivity contribution in [1.82, 2.24) is 4.90 Å². The summed E-state index contributed by atoms with van der Waals surface area (Å²) in [6.45, 7) is 1.59. The third kappa shape index (κ3) is 3.93. The molecular formula is C14H18FNO4S. The molecule has 5 nitrogen and oxygen atoms in total. The maximum atomic E-state index is 12.8. The lowest BCUT2D eigenvalue weighted by atomic mass is 10.2. The Morgan fingerprint density at radius 1 is 1.38 bits per heavy atom. The maximum Gasteiger partial charge on any atom is 0.263 e. The van der Waals surface area contributed by atoms with Crippen molar-refractivity contribution in [3.8, 4) is 5.75 Å². The van der Waals surface area contributed by atoms with E-state index in [2.05, 4.69) is 0 Å². The first-order chi connectivity index (χ1) is 9.78. The molecule has 1 saturated heterocycles. The van der Waals surface area contributed by atoms with Crippen LogP contribution in [0.25, 0.3) is 0 Å². The summed E-state index contributed by atoms with van der Waals surface area (Å²) in [6.07, 6.45) is -0.308. The molecule has 21 heavy (non-hydrogen) atoms. The Bertz CT molecular complexity index is 614. The van der Waals surface area contributed by atoms with Crippen molar-refractivity contribution in [3.05, 3.63) is 30.1 Å². The van der Waals surface area contributed by atoms with Crippen molar-refractivity contribution in [2.75, 3.05) is 18.6 Å². The zero-order chi connectivity index (χ0) is 15.6. The molecule has 0 saturated carbocycles. The number of halogens is 1. The van der Waals surface area contributed by atoms with Gasteiger partial charge < -0.3 is 9.64 Å². The lowest BCUT2D eigenvalue weighted by Crippen LogP contribution is -2.44. The molecule has 1 fully saturated rings. The number of carbonyl (C=O) groups is 1. The molecular weight excluding hydrogens is 297 g/mol.